The van der Waals surface area contributed by atoms with E-state index < -0.39 is 29.4 Å². The molecule has 0 spiro atoms. The fraction of sp³-hybridized carbons (Fsp3) is 0.462. The number of alkyl halides is 3. The number of aliphatic hydroxyl groups excluding tert-OH is 1. The number of rotatable bonds is 6. The third-order valence-corrected chi connectivity index (χ3v) is 2.69. The van der Waals surface area contributed by atoms with Gasteiger partial charge in [0.25, 0.3) is 0 Å². The quantitative estimate of drug-likeness (QED) is 0.705. The predicted molar refractivity (Wildman–Crippen MR) is 67.8 cm³/mol. The molecule has 0 heterocycles. The number of carbonyl (C=O) groups is 1. The molecule has 7 heteroatoms. The van der Waals surface area contributed by atoms with Gasteiger partial charge in [-0.1, -0.05) is 0 Å². The third-order valence-electron chi connectivity index (χ3n) is 2.69. The summed E-state index contributed by atoms with van der Waals surface area (Å²) in [4.78, 5) is 11.0. The van der Waals surface area contributed by atoms with Crippen LogP contribution in [0.25, 0.3) is 0 Å². The highest BCUT2D eigenvalue weighted by Gasteiger charge is 2.31. The van der Waals surface area contributed by atoms with Crippen LogP contribution in [0.3, 0.4) is 0 Å². The second-order valence-corrected chi connectivity index (χ2v) is 4.48. The first-order valence-corrected chi connectivity index (χ1v) is 6.08. The summed E-state index contributed by atoms with van der Waals surface area (Å²) < 4.78 is 37.6. The van der Waals surface area contributed by atoms with Gasteiger partial charge >= 0.3 is 12.1 Å². The number of aromatic carboxylic acids is 1. The van der Waals surface area contributed by atoms with Crippen LogP contribution in [0.4, 0.5) is 18.9 Å². The van der Waals surface area contributed by atoms with Gasteiger partial charge in [-0.05, 0) is 38.0 Å². The van der Waals surface area contributed by atoms with Gasteiger partial charge in [0.15, 0.2) is 0 Å². The number of aliphatic hydroxyl groups is 1. The zero-order valence-corrected chi connectivity index (χ0v) is 10.9. The molecule has 1 unspecified atom stereocenters. The van der Waals surface area contributed by atoms with Gasteiger partial charge in [0.05, 0.1) is 17.2 Å². The molecule has 0 saturated heterocycles. The maximum atomic E-state index is 12.5. The van der Waals surface area contributed by atoms with Crippen LogP contribution in [0.15, 0.2) is 18.2 Å². The monoisotopic (exact) mass is 291 g/mol. The average molecular weight is 291 g/mol. The molecule has 0 aromatic heterocycles. The summed E-state index contributed by atoms with van der Waals surface area (Å²) in [7, 11) is 0. The maximum Gasteiger partial charge on any atom is 0.416 e. The summed E-state index contributed by atoms with van der Waals surface area (Å²) >= 11 is 0. The van der Waals surface area contributed by atoms with Crippen LogP contribution in [0.2, 0.25) is 0 Å². The lowest BCUT2D eigenvalue weighted by Gasteiger charge is -2.13. The van der Waals surface area contributed by atoms with Crippen molar-refractivity contribution in [2.75, 3.05) is 11.9 Å². The fourth-order valence-electron chi connectivity index (χ4n) is 1.67. The molecule has 0 fully saturated rings. The Morgan fingerprint density at radius 3 is 2.55 bits per heavy atom. The Morgan fingerprint density at radius 1 is 1.40 bits per heavy atom. The van der Waals surface area contributed by atoms with Crippen molar-refractivity contribution < 1.29 is 28.2 Å². The Bertz CT molecular complexity index is 472. The Morgan fingerprint density at radius 2 is 2.05 bits per heavy atom. The minimum Gasteiger partial charge on any atom is -0.478 e. The molecule has 1 aromatic carbocycles. The van der Waals surface area contributed by atoms with E-state index in [-0.39, 0.29) is 5.69 Å². The van der Waals surface area contributed by atoms with Crippen LogP contribution >= 0.6 is 0 Å². The molecule has 0 bridgehead atoms. The van der Waals surface area contributed by atoms with Crippen LogP contribution < -0.4 is 5.32 Å². The van der Waals surface area contributed by atoms with E-state index in [1.165, 1.54) is 0 Å². The standard InChI is InChI=1S/C13H16F3NO3/c1-8(18)3-2-6-17-11-5-4-9(13(14,15)16)7-10(11)12(19)20/h4-5,7-8,17-18H,2-3,6H2,1H3,(H,19,20). The first-order chi connectivity index (χ1) is 9.21. The Kier molecular flexibility index (Phi) is 5.38. The van der Waals surface area contributed by atoms with E-state index in [2.05, 4.69) is 5.32 Å². The van der Waals surface area contributed by atoms with Crippen molar-refractivity contribution in [2.45, 2.75) is 32.0 Å². The molecule has 4 nitrogen and oxygen atoms in total. The number of nitrogens with one attached hydrogen (secondary N) is 1. The van der Waals surface area contributed by atoms with Gasteiger partial charge in [-0.15, -0.1) is 0 Å². The van der Waals surface area contributed by atoms with Crippen molar-refractivity contribution in [1.29, 1.82) is 0 Å². The highest BCUT2D eigenvalue weighted by molar-refractivity contribution is 5.94. The molecular weight excluding hydrogens is 275 g/mol. The summed E-state index contributed by atoms with van der Waals surface area (Å²) in [5.41, 5.74) is -1.28. The van der Waals surface area contributed by atoms with Crippen molar-refractivity contribution in [2.24, 2.45) is 0 Å². The predicted octanol–water partition coefficient (Wildman–Crippen LogP) is 2.98. The van der Waals surface area contributed by atoms with E-state index in [4.69, 9.17) is 10.2 Å². The molecule has 0 radical (unpaired) electrons. The largest absolute Gasteiger partial charge is 0.478 e. The summed E-state index contributed by atoms with van der Waals surface area (Å²) in [5.74, 6) is -1.42. The van der Waals surface area contributed by atoms with E-state index in [0.29, 0.717) is 25.5 Å². The van der Waals surface area contributed by atoms with Gasteiger partial charge in [0.2, 0.25) is 0 Å². The van der Waals surface area contributed by atoms with Crippen LogP contribution in [-0.2, 0) is 6.18 Å². The number of carboxylic acid groups (broad SMARTS) is 1. The Labute approximate surface area is 114 Å². The molecule has 0 aliphatic rings. The lowest BCUT2D eigenvalue weighted by Crippen LogP contribution is -2.12. The Hall–Kier alpha value is -1.76. The first-order valence-electron chi connectivity index (χ1n) is 6.08. The molecule has 0 saturated carbocycles. The normalized spacial score (nSPS) is 13.1. The zero-order chi connectivity index (χ0) is 15.3. The topological polar surface area (TPSA) is 69.6 Å². The van der Waals surface area contributed by atoms with Gasteiger partial charge in [-0.2, -0.15) is 13.2 Å². The summed E-state index contributed by atoms with van der Waals surface area (Å²) in [5, 5.41) is 20.8. The van der Waals surface area contributed by atoms with E-state index >= 15 is 0 Å². The van der Waals surface area contributed by atoms with Crippen molar-refractivity contribution in [3.63, 3.8) is 0 Å². The fourth-order valence-corrected chi connectivity index (χ4v) is 1.67. The minimum atomic E-state index is -4.57. The first kappa shape index (κ1) is 16.3. The molecule has 3 N–H and O–H groups in total. The molecule has 112 valence electrons. The molecule has 1 rings (SSSR count). The lowest BCUT2D eigenvalue weighted by atomic mass is 10.1. The molecule has 0 aliphatic heterocycles. The van der Waals surface area contributed by atoms with E-state index in [1.54, 1.807) is 6.92 Å². The Balaban J connectivity index is 2.83. The number of benzene rings is 1. The molecule has 0 aliphatic carbocycles. The maximum absolute atomic E-state index is 12.5. The molecular formula is C13H16F3NO3. The number of halogens is 3. The zero-order valence-electron chi connectivity index (χ0n) is 10.9. The number of carboxylic acids is 1. The van der Waals surface area contributed by atoms with Crippen LogP contribution in [-0.4, -0.2) is 28.8 Å². The molecule has 0 amide bonds. The third kappa shape index (κ3) is 4.73. The van der Waals surface area contributed by atoms with Gasteiger partial charge in [0.1, 0.15) is 0 Å². The van der Waals surface area contributed by atoms with Crippen LogP contribution in [0, 0.1) is 0 Å². The lowest BCUT2D eigenvalue weighted by molar-refractivity contribution is -0.137. The van der Waals surface area contributed by atoms with Crippen molar-refractivity contribution in [3.05, 3.63) is 29.3 Å². The van der Waals surface area contributed by atoms with Crippen molar-refractivity contribution in [3.8, 4) is 0 Å². The van der Waals surface area contributed by atoms with Crippen LogP contribution in [0.5, 0.6) is 0 Å². The summed E-state index contributed by atoms with van der Waals surface area (Å²) in [6.45, 7) is 2.00. The second kappa shape index (κ2) is 6.60. The highest BCUT2D eigenvalue weighted by Crippen LogP contribution is 2.31. The SMILES string of the molecule is CC(O)CCCNc1ccc(C(F)(F)F)cc1C(=O)O. The molecule has 1 aromatic rings. The summed E-state index contributed by atoms with van der Waals surface area (Å²) in [6.07, 6.45) is -3.94. The van der Waals surface area contributed by atoms with E-state index in [9.17, 15) is 18.0 Å². The molecule has 20 heavy (non-hydrogen) atoms. The van der Waals surface area contributed by atoms with Crippen LogP contribution in [0.1, 0.15) is 35.7 Å². The molecule has 1 atom stereocenters. The van der Waals surface area contributed by atoms with Gasteiger partial charge in [-0.25, -0.2) is 4.79 Å². The number of hydrogen-bond acceptors (Lipinski definition) is 3. The minimum absolute atomic E-state index is 0.135. The number of anilines is 1. The second-order valence-electron chi connectivity index (χ2n) is 4.48. The average Bonchev–Trinajstić information content (AvgIpc) is 2.33. The smallest absolute Gasteiger partial charge is 0.416 e. The van der Waals surface area contributed by atoms with E-state index in [0.717, 1.165) is 12.1 Å². The highest BCUT2D eigenvalue weighted by atomic mass is 19.4. The van der Waals surface area contributed by atoms with Gasteiger partial charge < -0.3 is 15.5 Å². The van der Waals surface area contributed by atoms with Gasteiger partial charge in [-0.3, -0.25) is 0 Å². The summed E-state index contributed by atoms with van der Waals surface area (Å²) in [6, 6.07) is 2.55. The van der Waals surface area contributed by atoms with Crippen molar-refractivity contribution in [1.82, 2.24) is 0 Å². The van der Waals surface area contributed by atoms with Crippen molar-refractivity contribution >= 4 is 11.7 Å². The number of hydrogen-bond donors (Lipinski definition) is 3. The van der Waals surface area contributed by atoms with Gasteiger partial charge in [0, 0.05) is 12.2 Å². The van der Waals surface area contributed by atoms with E-state index in [1.807, 2.05) is 0 Å².